The van der Waals surface area contributed by atoms with Crippen molar-refractivity contribution in [3.05, 3.63) is 0 Å². The first-order chi connectivity index (χ1) is 9.97. The lowest BCUT2D eigenvalue weighted by Gasteiger charge is -2.55. The predicted octanol–water partition coefficient (Wildman–Crippen LogP) is 0.149. The molecule has 3 rings (SSSR count). The Morgan fingerprint density at radius 3 is 2.48 bits per heavy atom. The fourth-order valence-electron chi connectivity index (χ4n) is 4.11. The molecule has 1 unspecified atom stereocenters. The number of ether oxygens (including phenoxy) is 1. The Hall–Kier alpha value is -0.850. The smallest absolute Gasteiger partial charge is 0.320 e. The number of nitrogens with zero attached hydrogens (tertiary/aromatic N) is 4. The first-order valence-electron chi connectivity index (χ1n) is 8.04. The summed E-state index contributed by atoms with van der Waals surface area (Å²) in [4.78, 5) is 21.6. The van der Waals surface area contributed by atoms with E-state index in [0.29, 0.717) is 19.3 Å². The lowest BCUT2D eigenvalue weighted by Crippen LogP contribution is -2.70. The standard InChI is InChI=1S/C15H28N4O2/c1-15(2)12-16(3)10-13-11-18(4-5-19(13)15)14(20)17-6-8-21-9-7-17/h13H,4-12H2,1-3H3. The molecule has 0 spiro atoms. The van der Waals surface area contributed by atoms with E-state index in [4.69, 9.17) is 4.74 Å². The number of likely N-dealkylation sites (N-methyl/N-ethyl adjacent to an activating group) is 1. The number of hydrogen-bond donors (Lipinski definition) is 0. The molecule has 0 aromatic rings. The van der Waals surface area contributed by atoms with E-state index < -0.39 is 0 Å². The van der Waals surface area contributed by atoms with Gasteiger partial charge in [0.1, 0.15) is 0 Å². The number of urea groups is 1. The molecule has 2 amide bonds. The van der Waals surface area contributed by atoms with Crippen LogP contribution < -0.4 is 0 Å². The first kappa shape index (κ1) is 15.1. The Kier molecular flexibility index (Phi) is 4.12. The van der Waals surface area contributed by atoms with Crippen LogP contribution in [0.3, 0.4) is 0 Å². The van der Waals surface area contributed by atoms with Gasteiger partial charge in [0.25, 0.3) is 0 Å². The number of carbonyl (C=O) groups is 1. The van der Waals surface area contributed by atoms with Gasteiger partial charge in [-0.2, -0.15) is 0 Å². The Morgan fingerprint density at radius 2 is 1.76 bits per heavy atom. The Labute approximate surface area is 127 Å². The van der Waals surface area contributed by atoms with Gasteiger partial charge in [-0.3, -0.25) is 4.90 Å². The van der Waals surface area contributed by atoms with Gasteiger partial charge < -0.3 is 19.4 Å². The molecule has 21 heavy (non-hydrogen) atoms. The molecule has 0 N–H and O–H groups in total. The zero-order valence-corrected chi connectivity index (χ0v) is 13.5. The minimum absolute atomic E-state index is 0.198. The average Bonchev–Trinajstić information content (AvgIpc) is 2.45. The Balaban J connectivity index is 1.64. The third-order valence-corrected chi connectivity index (χ3v) is 4.99. The third kappa shape index (κ3) is 3.03. The number of hydrogen-bond acceptors (Lipinski definition) is 4. The normalized spacial score (nSPS) is 31.1. The number of carbonyl (C=O) groups excluding carboxylic acids is 1. The zero-order valence-electron chi connectivity index (χ0n) is 13.5. The second-order valence-electron chi connectivity index (χ2n) is 7.18. The topological polar surface area (TPSA) is 39.3 Å². The predicted molar refractivity (Wildman–Crippen MR) is 81.4 cm³/mol. The number of fused-ring (bicyclic) bond motifs is 1. The fraction of sp³-hybridized carbons (Fsp3) is 0.933. The largest absolute Gasteiger partial charge is 0.378 e. The van der Waals surface area contributed by atoms with Crippen LogP contribution in [0.1, 0.15) is 13.8 Å². The summed E-state index contributed by atoms with van der Waals surface area (Å²) in [6, 6.07) is 0.654. The van der Waals surface area contributed by atoms with Gasteiger partial charge in [-0.1, -0.05) is 0 Å². The van der Waals surface area contributed by atoms with Gasteiger partial charge in [0.2, 0.25) is 0 Å². The van der Waals surface area contributed by atoms with Crippen molar-refractivity contribution in [2.45, 2.75) is 25.4 Å². The molecule has 0 aliphatic carbocycles. The van der Waals surface area contributed by atoms with Crippen LogP contribution in [-0.4, -0.2) is 103 Å². The summed E-state index contributed by atoms with van der Waals surface area (Å²) >= 11 is 0. The van der Waals surface area contributed by atoms with E-state index in [1.54, 1.807) is 0 Å². The van der Waals surface area contributed by atoms with E-state index in [2.05, 4.69) is 30.7 Å². The van der Waals surface area contributed by atoms with Crippen LogP contribution in [0.4, 0.5) is 4.79 Å². The van der Waals surface area contributed by atoms with E-state index in [1.165, 1.54) is 0 Å². The highest BCUT2D eigenvalue weighted by Crippen LogP contribution is 2.27. The third-order valence-electron chi connectivity index (χ3n) is 4.99. The number of morpholine rings is 1. The second kappa shape index (κ2) is 5.74. The molecule has 120 valence electrons. The molecule has 0 bridgehead atoms. The SMILES string of the molecule is CN1CC2CN(C(=O)N3CCOCC3)CCN2C(C)(C)C1. The molecule has 0 aromatic carbocycles. The van der Waals surface area contributed by atoms with Crippen LogP contribution in [0, 0.1) is 0 Å². The monoisotopic (exact) mass is 296 g/mol. The number of amides is 2. The molecular weight excluding hydrogens is 268 g/mol. The molecule has 0 radical (unpaired) electrons. The van der Waals surface area contributed by atoms with E-state index in [9.17, 15) is 4.79 Å². The van der Waals surface area contributed by atoms with Crippen LogP contribution in [-0.2, 0) is 4.74 Å². The van der Waals surface area contributed by atoms with Crippen molar-refractivity contribution in [1.82, 2.24) is 19.6 Å². The molecule has 6 heteroatoms. The maximum atomic E-state index is 12.6. The van der Waals surface area contributed by atoms with Gasteiger partial charge in [0.15, 0.2) is 0 Å². The fourth-order valence-corrected chi connectivity index (χ4v) is 4.11. The van der Waals surface area contributed by atoms with Gasteiger partial charge in [0.05, 0.1) is 13.2 Å². The minimum atomic E-state index is 0.198. The highest BCUT2D eigenvalue weighted by atomic mass is 16.5. The van der Waals surface area contributed by atoms with E-state index in [1.807, 2.05) is 9.80 Å². The molecule has 0 saturated carbocycles. The lowest BCUT2D eigenvalue weighted by molar-refractivity contribution is -0.0534. The maximum Gasteiger partial charge on any atom is 0.320 e. The van der Waals surface area contributed by atoms with E-state index >= 15 is 0 Å². The highest BCUT2D eigenvalue weighted by molar-refractivity contribution is 5.74. The molecule has 3 saturated heterocycles. The molecule has 6 nitrogen and oxygen atoms in total. The molecule has 3 aliphatic heterocycles. The molecule has 3 heterocycles. The number of rotatable bonds is 0. The average molecular weight is 296 g/mol. The molecule has 3 fully saturated rings. The van der Waals surface area contributed by atoms with E-state index in [-0.39, 0.29) is 11.6 Å². The van der Waals surface area contributed by atoms with Crippen LogP contribution in [0.5, 0.6) is 0 Å². The van der Waals surface area contributed by atoms with Crippen LogP contribution in [0.15, 0.2) is 0 Å². The minimum Gasteiger partial charge on any atom is -0.378 e. The van der Waals surface area contributed by atoms with Gasteiger partial charge in [-0.25, -0.2) is 4.79 Å². The lowest BCUT2D eigenvalue weighted by atomic mass is 9.93. The molecular formula is C15H28N4O2. The van der Waals surface area contributed by atoms with Gasteiger partial charge in [-0.05, 0) is 20.9 Å². The Bertz CT molecular complexity index is 395. The van der Waals surface area contributed by atoms with Crippen molar-refractivity contribution in [2.24, 2.45) is 0 Å². The van der Waals surface area contributed by atoms with Gasteiger partial charge in [-0.15, -0.1) is 0 Å². The molecule has 3 aliphatic rings. The van der Waals surface area contributed by atoms with E-state index in [0.717, 1.165) is 45.8 Å². The quantitative estimate of drug-likeness (QED) is 0.638. The van der Waals surface area contributed by atoms with Crippen molar-refractivity contribution in [3.8, 4) is 0 Å². The summed E-state index contributed by atoms with van der Waals surface area (Å²) in [5, 5.41) is 0. The summed E-state index contributed by atoms with van der Waals surface area (Å²) in [6.07, 6.45) is 0. The van der Waals surface area contributed by atoms with Crippen molar-refractivity contribution in [3.63, 3.8) is 0 Å². The zero-order chi connectivity index (χ0) is 15.0. The number of piperazine rings is 2. The maximum absolute atomic E-state index is 12.6. The molecule has 0 aromatic heterocycles. The van der Waals surface area contributed by atoms with Crippen molar-refractivity contribution in [1.29, 1.82) is 0 Å². The summed E-state index contributed by atoms with van der Waals surface area (Å²) in [7, 11) is 2.18. The molecule has 1 atom stereocenters. The van der Waals surface area contributed by atoms with Crippen molar-refractivity contribution < 1.29 is 9.53 Å². The second-order valence-corrected chi connectivity index (χ2v) is 7.18. The summed E-state index contributed by atoms with van der Waals surface area (Å²) in [5.41, 5.74) is 0.200. The Morgan fingerprint density at radius 1 is 1.05 bits per heavy atom. The van der Waals surface area contributed by atoms with Gasteiger partial charge in [0, 0.05) is 57.4 Å². The van der Waals surface area contributed by atoms with Crippen LogP contribution >= 0.6 is 0 Å². The summed E-state index contributed by atoms with van der Waals surface area (Å²) in [5.74, 6) is 0. The van der Waals surface area contributed by atoms with Crippen LogP contribution in [0.2, 0.25) is 0 Å². The van der Waals surface area contributed by atoms with Crippen molar-refractivity contribution in [2.75, 3.05) is 66.1 Å². The van der Waals surface area contributed by atoms with Crippen LogP contribution in [0.25, 0.3) is 0 Å². The summed E-state index contributed by atoms with van der Waals surface area (Å²) < 4.78 is 5.34. The van der Waals surface area contributed by atoms with Gasteiger partial charge >= 0.3 is 6.03 Å². The highest BCUT2D eigenvalue weighted by Gasteiger charge is 2.42. The first-order valence-corrected chi connectivity index (χ1v) is 8.04. The van der Waals surface area contributed by atoms with Crippen molar-refractivity contribution >= 4 is 6.03 Å². The summed E-state index contributed by atoms with van der Waals surface area (Å²) in [6.45, 7) is 12.3.